The van der Waals surface area contributed by atoms with Crippen LogP contribution in [0.25, 0.3) is 0 Å². The van der Waals surface area contributed by atoms with E-state index in [1.807, 2.05) is 6.92 Å². The number of ketones is 1. The molecule has 0 saturated carbocycles. The van der Waals surface area contributed by atoms with E-state index in [1.165, 1.54) is 0 Å². The van der Waals surface area contributed by atoms with Gasteiger partial charge in [0.15, 0.2) is 15.6 Å². The summed E-state index contributed by atoms with van der Waals surface area (Å²) in [5.74, 6) is -0.707. The van der Waals surface area contributed by atoms with Crippen LogP contribution in [0.2, 0.25) is 5.02 Å². The van der Waals surface area contributed by atoms with Gasteiger partial charge in [-0.15, -0.1) is 0 Å². The Balaban J connectivity index is 2.61. The first-order valence-corrected chi connectivity index (χ1v) is 8.14. The highest BCUT2D eigenvalue weighted by Gasteiger charge is 2.17. The molecule has 3 nitrogen and oxygen atoms in total. The second-order valence-corrected chi connectivity index (χ2v) is 6.85. The molecule has 18 heavy (non-hydrogen) atoms. The molecule has 5 heteroatoms. The molecule has 1 rings (SSSR count). The van der Waals surface area contributed by atoms with Crippen LogP contribution >= 0.6 is 11.6 Å². The van der Waals surface area contributed by atoms with E-state index in [0.717, 1.165) is 12.8 Å². The van der Waals surface area contributed by atoms with Gasteiger partial charge < -0.3 is 0 Å². The molecule has 0 spiro atoms. The molecule has 0 amide bonds. The zero-order valence-corrected chi connectivity index (χ0v) is 11.9. The Morgan fingerprint density at radius 3 is 2.33 bits per heavy atom. The lowest BCUT2D eigenvalue weighted by Gasteiger charge is -2.03. The van der Waals surface area contributed by atoms with Gasteiger partial charge in [-0.3, -0.25) is 4.79 Å². The van der Waals surface area contributed by atoms with Gasteiger partial charge in [0, 0.05) is 10.6 Å². The van der Waals surface area contributed by atoms with Crippen molar-refractivity contribution in [1.82, 2.24) is 0 Å². The zero-order chi connectivity index (χ0) is 13.6. The number of rotatable bonds is 7. The molecule has 1 aromatic rings. The Morgan fingerprint density at radius 1 is 1.17 bits per heavy atom. The van der Waals surface area contributed by atoms with E-state index in [1.54, 1.807) is 24.3 Å². The van der Waals surface area contributed by atoms with Gasteiger partial charge in [0.25, 0.3) is 0 Å². The predicted octanol–water partition coefficient (Wildman–Crippen LogP) is 3.13. The fourth-order valence-corrected chi connectivity index (χ4v) is 3.04. The summed E-state index contributed by atoms with van der Waals surface area (Å²) < 4.78 is 23.4. The van der Waals surface area contributed by atoms with Crippen molar-refractivity contribution in [1.29, 1.82) is 0 Å². The largest absolute Gasteiger partial charge is 0.293 e. The second-order valence-electron chi connectivity index (χ2n) is 4.23. The molecule has 0 fully saturated rings. The van der Waals surface area contributed by atoms with E-state index in [9.17, 15) is 13.2 Å². The Bertz CT molecular complexity index is 491. The Kier molecular flexibility index (Phi) is 5.82. The van der Waals surface area contributed by atoms with Crippen LogP contribution in [-0.2, 0) is 9.84 Å². The normalized spacial score (nSPS) is 11.4. The fourth-order valence-electron chi connectivity index (χ4n) is 1.56. The molecule has 0 saturated heterocycles. The number of halogens is 1. The van der Waals surface area contributed by atoms with Crippen LogP contribution in [0.15, 0.2) is 24.3 Å². The lowest BCUT2D eigenvalue weighted by molar-refractivity contribution is 0.102. The summed E-state index contributed by atoms with van der Waals surface area (Å²) in [7, 11) is -3.29. The SMILES string of the molecule is CCCCCS(=O)(=O)CC(=O)c1ccc(Cl)cc1. The minimum absolute atomic E-state index is 0.0835. The van der Waals surface area contributed by atoms with Crippen molar-refractivity contribution in [2.24, 2.45) is 0 Å². The first-order chi connectivity index (χ1) is 8.44. The van der Waals surface area contributed by atoms with Gasteiger partial charge in [-0.1, -0.05) is 31.4 Å². The van der Waals surface area contributed by atoms with Gasteiger partial charge in [0.1, 0.15) is 5.75 Å². The summed E-state index contributed by atoms with van der Waals surface area (Å²) in [6.07, 6.45) is 2.45. The van der Waals surface area contributed by atoms with Crippen molar-refractivity contribution in [3.8, 4) is 0 Å². The van der Waals surface area contributed by atoms with Gasteiger partial charge in [0.2, 0.25) is 0 Å². The average Bonchev–Trinajstić information content (AvgIpc) is 2.29. The molecule has 100 valence electrons. The van der Waals surface area contributed by atoms with Crippen molar-refractivity contribution >= 4 is 27.2 Å². The smallest absolute Gasteiger partial charge is 0.177 e. The lowest BCUT2D eigenvalue weighted by Crippen LogP contribution is -2.19. The van der Waals surface area contributed by atoms with Crippen LogP contribution in [0.5, 0.6) is 0 Å². The average molecular weight is 289 g/mol. The fraction of sp³-hybridized carbons (Fsp3) is 0.462. The number of benzene rings is 1. The highest BCUT2D eigenvalue weighted by molar-refractivity contribution is 7.92. The van der Waals surface area contributed by atoms with Crippen LogP contribution in [0.1, 0.15) is 36.5 Å². The van der Waals surface area contributed by atoms with Crippen LogP contribution in [0.4, 0.5) is 0 Å². The Labute approximate surface area is 113 Å². The molecule has 0 bridgehead atoms. The highest BCUT2D eigenvalue weighted by atomic mass is 35.5. The molecule has 1 aromatic carbocycles. The van der Waals surface area contributed by atoms with E-state index in [4.69, 9.17) is 11.6 Å². The van der Waals surface area contributed by atoms with Crippen LogP contribution < -0.4 is 0 Å². The Hall–Kier alpha value is -0.870. The first-order valence-electron chi connectivity index (χ1n) is 5.94. The predicted molar refractivity (Wildman–Crippen MR) is 74.0 cm³/mol. The second kappa shape index (κ2) is 6.90. The molecule has 0 heterocycles. The number of carbonyl (C=O) groups excluding carboxylic acids is 1. The van der Waals surface area contributed by atoms with Crippen molar-refractivity contribution in [2.45, 2.75) is 26.2 Å². The summed E-state index contributed by atoms with van der Waals surface area (Å²) in [6, 6.07) is 6.26. The van der Waals surface area contributed by atoms with Gasteiger partial charge in [-0.2, -0.15) is 0 Å². The van der Waals surface area contributed by atoms with Crippen molar-refractivity contribution in [3.63, 3.8) is 0 Å². The number of hydrogen-bond acceptors (Lipinski definition) is 3. The molecule has 0 atom stereocenters. The number of carbonyl (C=O) groups is 1. The molecule has 0 aliphatic heterocycles. The van der Waals surface area contributed by atoms with E-state index < -0.39 is 15.6 Å². The zero-order valence-electron chi connectivity index (χ0n) is 10.4. The quantitative estimate of drug-likeness (QED) is 0.572. The van der Waals surface area contributed by atoms with Crippen molar-refractivity contribution in [2.75, 3.05) is 11.5 Å². The topological polar surface area (TPSA) is 51.2 Å². The molecule has 0 N–H and O–H groups in total. The third-order valence-corrected chi connectivity index (χ3v) is 4.44. The molecule has 0 aromatic heterocycles. The van der Waals surface area contributed by atoms with E-state index in [0.29, 0.717) is 17.0 Å². The van der Waals surface area contributed by atoms with Crippen LogP contribution in [0.3, 0.4) is 0 Å². The van der Waals surface area contributed by atoms with Gasteiger partial charge in [0.05, 0.1) is 5.75 Å². The van der Waals surface area contributed by atoms with Crippen LogP contribution in [-0.4, -0.2) is 25.7 Å². The third kappa shape index (κ3) is 5.19. The summed E-state index contributed by atoms with van der Waals surface area (Å²) >= 11 is 5.70. The number of sulfone groups is 1. The maximum absolute atomic E-state index is 11.8. The molecule has 0 radical (unpaired) electrons. The van der Waals surface area contributed by atoms with Crippen molar-refractivity contribution in [3.05, 3.63) is 34.9 Å². The summed E-state index contributed by atoms with van der Waals surface area (Å²) in [5, 5.41) is 0.525. The first kappa shape index (κ1) is 15.2. The maximum Gasteiger partial charge on any atom is 0.177 e. The van der Waals surface area contributed by atoms with Gasteiger partial charge in [-0.25, -0.2) is 8.42 Å². The summed E-state index contributed by atoms with van der Waals surface area (Å²) in [6.45, 7) is 2.01. The summed E-state index contributed by atoms with van der Waals surface area (Å²) in [4.78, 5) is 11.8. The lowest BCUT2D eigenvalue weighted by atomic mass is 10.1. The molecular weight excluding hydrogens is 272 g/mol. The van der Waals surface area contributed by atoms with E-state index >= 15 is 0 Å². The van der Waals surface area contributed by atoms with Gasteiger partial charge in [-0.05, 0) is 30.7 Å². The van der Waals surface area contributed by atoms with Crippen molar-refractivity contribution < 1.29 is 13.2 Å². The standard InChI is InChI=1S/C13H17ClO3S/c1-2-3-4-9-18(16,17)10-13(15)11-5-7-12(14)8-6-11/h5-8H,2-4,9-10H2,1H3. The van der Waals surface area contributed by atoms with E-state index in [-0.39, 0.29) is 11.5 Å². The van der Waals surface area contributed by atoms with Gasteiger partial charge >= 0.3 is 0 Å². The summed E-state index contributed by atoms with van der Waals surface area (Å²) in [5.41, 5.74) is 0.387. The maximum atomic E-state index is 11.8. The van der Waals surface area contributed by atoms with Crippen LogP contribution in [0, 0.1) is 0 Å². The number of unbranched alkanes of at least 4 members (excludes halogenated alkanes) is 2. The van der Waals surface area contributed by atoms with E-state index in [2.05, 4.69) is 0 Å². The minimum Gasteiger partial charge on any atom is -0.293 e. The molecular formula is C13H17ClO3S. The third-order valence-electron chi connectivity index (χ3n) is 2.58. The minimum atomic E-state index is -3.29. The Morgan fingerprint density at radius 2 is 1.78 bits per heavy atom. The number of hydrogen-bond donors (Lipinski definition) is 0. The number of Topliss-reactive ketones (excluding diaryl/α,β-unsaturated/α-hetero) is 1. The molecule has 0 aliphatic carbocycles. The monoisotopic (exact) mass is 288 g/mol. The molecule has 0 unspecified atom stereocenters. The molecule has 0 aliphatic rings. The highest BCUT2D eigenvalue weighted by Crippen LogP contribution is 2.11.